The van der Waals surface area contributed by atoms with E-state index in [1.165, 1.54) is 127 Å². The molecule has 12 rings (SSSR count). The predicted molar refractivity (Wildman–Crippen MR) is 537 cm³/mol. The highest BCUT2D eigenvalue weighted by molar-refractivity contribution is 7.08. The molecule has 5 aliphatic heterocycles. The number of nitrogens with zero attached hydrogens (tertiary/aromatic N) is 13. The average Bonchev–Trinajstić information content (AvgIpc) is 0.926. The van der Waals surface area contributed by atoms with Crippen LogP contribution in [0.2, 0.25) is 0 Å². The van der Waals surface area contributed by atoms with Crippen molar-refractivity contribution in [3.05, 3.63) is 154 Å². The molecule has 12 heterocycles. The van der Waals surface area contributed by atoms with Crippen molar-refractivity contribution >= 4 is 22.7 Å². The molecule has 700 valence electrons. The SMILES string of the molecule is C.C.C.C.C.C.C.CC(C)(C)C1=CCNCC1.CC(C)(C)C1CCNCC1.CC(C)(C)N1CCC1.CC(C)(C)N1CCCC1.CC(C)(C)N1CCCNCC1.CC(C)(C)c1ccccn1.CC(C)(C)c1cccnc1.CC(C)(C)c1ccsc1.CC(C)(C)c1cnco1.CC(C)(C)c1cscn1.CC(C)(C)n1cccn1.CC(C)(C)n1cnnn1. The monoisotopic (exact) mass is 1720 g/mol. The van der Waals surface area contributed by atoms with Gasteiger partial charge in [0.05, 0.1) is 28.5 Å². The van der Waals surface area contributed by atoms with Crippen LogP contribution in [0.15, 0.2) is 130 Å². The summed E-state index contributed by atoms with van der Waals surface area (Å²) in [6, 6.07) is 14.2. The molecule has 3 N–H and O–H groups in total. The molecule has 120 heavy (non-hydrogen) atoms. The zero-order valence-corrected chi connectivity index (χ0v) is 80.7. The lowest BCUT2D eigenvalue weighted by atomic mass is 9.76. The van der Waals surface area contributed by atoms with E-state index in [2.05, 4.69) is 340 Å². The fourth-order valence-corrected chi connectivity index (χ4v) is 13.2. The van der Waals surface area contributed by atoms with Gasteiger partial charge >= 0.3 is 0 Å². The summed E-state index contributed by atoms with van der Waals surface area (Å²) in [6.07, 6.45) is 25.9. The maximum Gasteiger partial charge on any atom is 0.180 e. The fraction of sp³-hybridized carbons (Fsp3) is 0.743. The van der Waals surface area contributed by atoms with Gasteiger partial charge in [0.25, 0.3) is 0 Å². The van der Waals surface area contributed by atoms with Gasteiger partial charge in [-0.05, 0) is 298 Å². The van der Waals surface area contributed by atoms with Gasteiger partial charge in [0, 0.05) is 94.6 Å². The standard InChI is InChI=1S/C9H20N2.C9H19N.C9H17N.2C9H13N.C8H17N.C8H12S.C7H12N2.C7H11NO.C7H11NS.C7H15N.C5H10N4.7CH4/c1-9(2,3)11-7-4-5-10-6-8-11;2*1-9(2,3)8-4-6-10-7-5-8;1-9(2,3)8-5-4-6-10-7-8;1-9(2,3)8-6-4-5-7-10-8;1-8(2,3)9-6-4-5-7-9;1-8(2,3)7-4-5-9-6-7;1-7(2,3)9-6-4-5-8-9;1-7(2,3)6-4-8-5-9-6;1-7(2,3)6-4-9-5-8-6;1-7(2,3)8-5-4-6-8;1-5(2,3)9-4-6-7-8-9;;;;;;;/h10H,4-8H2,1-3H3;8,10H,4-7H2,1-3H3;4,10H,5-7H2,1-3H3;2*4-7H,1-3H3;4-7H2,1-3H3;2*4-6H,1-3H3;2*4-5H,1-3H3;4-6H2,1-3H3;4H,1-3H3;7*1H4. The highest BCUT2D eigenvalue weighted by Crippen LogP contribution is 2.33. The zero-order valence-electron chi connectivity index (χ0n) is 79.1. The van der Waals surface area contributed by atoms with Crippen molar-refractivity contribution in [3.8, 4) is 0 Å². The molecule has 0 amide bonds. The van der Waals surface area contributed by atoms with Crippen molar-refractivity contribution in [1.29, 1.82) is 0 Å². The van der Waals surface area contributed by atoms with Crippen LogP contribution in [0, 0.1) is 16.7 Å². The molecule has 7 aromatic heterocycles. The molecule has 0 aliphatic carbocycles. The number of oxazole rings is 1. The number of thiophene rings is 1. The fourth-order valence-electron chi connectivity index (χ4n) is 11.5. The topological polar surface area (TPSA) is 172 Å². The molecule has 0 atom stereocenters. The van der Waals surface area contributed by atoms with Crippen LogP contribution in [0.3, 0.4) is 0 Å². The number of tetrazole rings is 1. The molecule has 19 heteroatoms. The second-order valence-corrected chi connectivity index (χ2v) is 44.0. The van der Waals surface area contributed by atoms with E-state index in [4.69, 9.17) is 4.42 Å². The number of hydrogen-bond acceptors (Lipinski definition) is 17. The second kappa shape index (κ2) is 59.5. The van der Waals surface area contributed by atoms with Gasteiger partial charge in [-0.3, -0.25) is 29.3 Å². The first-order valence-corrected chi connectivity index (χ1v) is 44.1. The molecule has 7 aromatic rings. The molecule has 0 unspecified atom stereocenters. The van der Waals surface area contributed by atoms with Crippen LogP contribution >= 0.6 is 22.7 Å². The number of aromatic nitrogens is 10. The van der Waals surface area contributed by atoms with Gasteiger partial charge in [0.2, 0.25) is 0 Å². The molecule has 0 aromatic carbocycles. The highest BCUT2D eigenvalue weighted by Gasteiger charge is 2.28. The van der Waals surface area contributed by atoms with Crippen LogP contribution in [0.25, 0.3) is 0 Å². The highest BCUT2D eigenvalue weighted by atomic mass is 32.1. The molecule has 0 radical (unpaired) electrons. The molecule has 4 saturated heterocycles. The zero-order chi connectivity index (χ0) is 86.4. The third-order valence-electron chi connectivity index (χ3n) is 19.7. The molecule has 0 saturated carbocycles. The molecule has 0 spiro atoms. The molecule has 5 aliphatic rings. The minimum atomic E-state index is 0. The summed E-state index contributed by atoms with van der Waals surface area (Å²) in [5.74, 6) is 1.87. The third kappa shape index (κ3) is 57.9. The van der Waals surface area contributed by atoms with Crippen LogP contribution in [-0.4, -0.2) is 160 Å². The number of nitrogens with one attached hydrogen (secondary N) is 3. The van der Waals surface area contributed by atoms with E-state index >= 15 is 0 Å². The summed E-state index contributed by atoms with van der Waals surface area (Å²) in [4.78, 5) is 23.9. The Kier molecular flexibility index (Phi) is 63.4. The van der Waals surface area contributed by atoms with Crippen molar-refractivity contribution in [2.24, 2.45) is 16.7 Å². The van der Waals surface area contributed by atoms with Crippen LogP contribution in [0.4, 0.5) is 0 Å². The van der Waals surface area contributed by atoms with E-state index in [0.29, 0.717) is 32.9 Å². The van der Waals surface area contributed by atoms with Crippen molar-refractivity contribution in [1.82, 2.24) is 80.6 Å². The molecule has 17 nitrogen and oxygen atoms in total. The molecule has 4 fully saturated rings. The van der Waals surface area contributed by atoms with Gasteiger partial charge in [0.1, 0.15) is 12.1 Å². The minimum absolute atomic E-state index is 0. The third-order valence-corrected chi connectivity index (χ3v) is 21.0. The summed E-state index contributed by atoms with van der Waals surface area (Å²) in [5.41, 5.74) is 11.8. The van der Waals surface area contributed by atoms with Crippen LogP contribution in [0.5, 0.6) is 0 Å². The molecular weight excluding hydrogens is 1520 g/mol. The van der Waals surface area contributed by atoms with Gasteiger partial charge in [-0.1, -0.05) is 221 Å². The van der Waals surface area contributed by atoms with Crippen LogP contribution in [0.1, 0.15) is 374 Å². The van der Waals surface area contributed by atoms with Crippen LogP contribution in [-0.2, 0) is 38.2 Å². The Morgan fingerprint density at radius 2 is 0.925 bits per heavy atom. The van der Waals surface area contributed by atoms with E-state index < -0.39 is 0 Å². The Morgan fingerprint density at radius 3 is 1.18 bits per heavy atom. The quantitative estimate of drug-likeness (QED) is 0.122. The smallest absolute Gasteiger partial charge is 0.180 e. The van der Waals surface area contributed by atoms with Gasteiger partial charge < -0.3 is 20.4 Å². The van der Waals surface area contributed by atoms with Gasteiger partial charge in [-0.2, -0.15) is 16.4 Å². The van der Waals surface area contributed by atoms with E-state index in [9.17, 15) is 0 Å². The Bertz CT molecular complexity index is 3100. The van der Waals surface area contributed by atoms with E-state index in [1.54, 1.807) is 57.8 Å². The summed E-state index contributed by atoms with van der Waals surface area (Å²) >= 11 is 3.42. The number of thiazole rings is 1. The lowest BCUT2D eigenvalue weighted by molar-refractivity contribution is 0.0690. The number of hydrogen-bond donors (Lipinski definition) is 3. The summed E-state index contributed by atoms with van der Waals surface area (Å²) in [5, 5.41) is 31.4. The molecule has 0 bridgehead atoms. The first-order chi connectivity index (χ1) is 51.8. The van der Waals surface area contributed by atoms with Gasteiger partial charge in [-0.15, -0.1) is 16.4 Å². The van der Waals surface area contributed by atoms with Crippen LogP contribution < -0.4 is 16.0 Å². The number of likely N-dealkylation sites (tertiary alicyclic amines) is 2. The van der Waals surface area contributed by atoms with Gasteiger partial charge in [-0.25, -0.2) is 14.6 Å². The Morgan fingerprint density at radius 1 is 0.408 bits per heavy atom. The summed E-state index contributed by atoms with van der Waals surface area (Å²) < 4.78 is 8.74. The van der Waals surface area contributed by atoms with Crippen molar-refractivity contribution < 1.29 is 4.42 Å². The van der Waals surface area contributed by atoms with E-state index in [1.807, 2.05) is 73.8 Å². The maximum atomic E-state index is 5.09. The van der Waals surface area contributed by atoms with Crippen molar-refractivity contribution in [2.75, 3.05) is 78.5 Å². The lowest BCUT2D eigenvalue weighted by Gasteiger charge is -2.42. The van der Waals surface area contributed by atoms with E-state index in [0.717, 1.165) is 37.0 Å². The van der Waals surface area contributed by atoms with Gasteiger partial charge in [0.15, 0.2) is 6.39 Å². The van der Waals surface area contributed by atoms with Crippen molar-refractivity contribution in [2.45, 2.75) is 401 Å². The normalized spacial score (nSPS) is 15.4. The predicted octanol–water partition coefficient (Wildman–Crippen LogP) is 27.2. The van der Waals surface area contributed by atoms with Crippen molar-refractivity contribution in [3.63, 3.8) is 0 Å². The summed E-state index contributed by atoms with van der Waals surface area (Å²) in [6.45, 7) is 94.2. The van der Waals surface area contributed by atoms with E-state index in [-0.39, 0.29) is 84.7 Å². The number of pyridine rings is 2. The lowest BCUT2D eigenvalue weighted by Crippen LogP contribution is -2.49. The first kappa shape index (κ1) is 128. The Labute approximate surface area is 753 Å². The summed E-state index contributed by atoms with van der Waals surface area (Å²) in [7, 11) is 0. The minimum Gasteiger partial charge on any atom is -0.448 e. The Hall–Kier alpha value is -5.38. The Balaban J connectivity index is -0.000000231. The number of rotatable bonds is 0. The first-order valence-electron chi connectivity index (χ1n) is 42.2. The second-order valence-electron chi connectivity index (χ2n) is 42.5. The maximum absolute atomic E-state index is 5.09. The largest absolute Gasteiger partial charge is 0.448 e. The average molecular weight is 1720 g/mol. The number of piperidine rings is 1. The molecular formula is C101H198N16OS2.